The zero-order chi connectivity index (χ0) is 15.4. The molecule has 0 radical (unpaired) electrons. The normalized spacial score (nSPS) is 11.9. The number of nitrogens with one attached hydrogen (secondary N) is 1. The van der Waals surface area contributed by atoms with E-state index < -0.39 is 4.92 Å². The topological polar surface area (TPSA) is 75.4 Å². The van der Waals surface area contributed by atoms with Crippen LogP contribution in [-0.2, 0) is 6.42 Å². The van der Waals surface area contributed by atoms with Crippen molar-refractivity contribution in [2.24, 2.45) is 0 Å². The van der Waals surface area contributed by atoms with Gasteiger partial charge in [-0.3, -0.25) is 10.1 Å². The van der Waals surface area contributed by atoms with Crippen LogP contribution in [-0.4, -0.2) is 16.1 Å². The number of aromatic hydroxyl groups is 1. The van der Waals surface area contributed by atoms with Crippen LogP contribution in [0.15, 0.2) is 42.5 Å². The van der Waals surface area contributed by atoms with Crippen molar-refractivity contribution in [2.75, 3.05) is 5.32 Å². The van der Waals surface area contributed by atoms with Crippen LogP contribution in [0.3, 0.4) is 0 Å². The maximum absolute atomic E-state index is 12.8. The molecule has 2 aromatic carbocycles. The third kappa shape index (κ3) is 3.92. The second-order valence-corrected chi connectivity index (χ2v) is 4.83. The Morgan fingerprint density at radius 3 is 2.57 bits per heavy atom. The molecule has 1 unspecified atom stereocenters. The van der Waals surface area contributed by atoms with Crippen molar-refractivity contribution in [3.05, 3.63) is 64.0 Å². The average molecular weight is 290 g/mol. The molecule has 0 bridgehead atoms. The molecule has 5 nitrogen and oxygen atoms in total. The molecular formula is C15H15FN2O3. The number of hydrogen-bond donors (Lipinski definition) is 2. The lowest BCUT2D eigenvalue weighted by atomic mass is 10.1. The highest BCUT2D eigenvalue weighted by molar-refractivity contribution is 5.64. The zero-order valence-electron chi connectivity index (χ0n) is 11.4. The molecule has 0 aliphatic rings. The lowest BCUT2D eigenvalue weighted by Crippen LogP contribution is -2.18. The smallest absolute Gasteiger partial charge is 0.296 e. The molecule has 0 saturated heterocycles. The van der Waals surface area contributed by atoms with Gasteiger partial charge in [0.1, 0.15) is 17.3 Å². The molecule has 1 atom stereocenters. The minimum Gasteiger partial charge on any atom is -0.508 e. The molecular weight excluding hydrogens is 275 g/mol. The third-order valence-electron chi connectivity index (χ3n) is 3.04. The molecule has 0 fully saturated rings. The monoisotopic (exact) mass is 290 g/mol. The van der Waals surface area contributed by atoms with Gasteiger partial charge in [-0.1, -0.05) is 12.1 Å². The van der Waals surface area contributed by atoms with Crippen LogP contribution in [0.5, 0.6) is 5.75 Å². The first kappa shape index (κ1) is 14.8. The third-order valence-corrected chi connectivity index (χ3v) is 3.04. The van der Waals surface area contributed by atoms with E-state index in [1.165, 1.54) is 24.3 Å². The molecule has 2 aromatic rings. The fourth-order valence-corrected chi connectivity index (χ4v) is 2.08. The SMILES string of the molecule is CC(Cc1ccc(F)cc1)Nc1ccc(O)cc1[N+](=O)[O-]. The Kier molecular flexibility index (Phi) is 4.37. The van der Waals surface area contributed by atoms with E-state index in [-0.39, 0.29) is 23.3 Å². The summed E-state index contributed by atoms with van der Waals surface area (Å²) in [4.78, 5) is 10.4. The van der Waals surface area contributed by atoms with Crippen LogP contribution >= 0.6 is 0 Å². The predicted octanol–water partition coefficient (Wildman–Crippen LogP) is 3.48. The first-order valence-electron chi connectivity index (χ1n) is 6.44. The number of nitrogens with zero attached hydrogens (tertiary/aromatic N) is 1. The minimum absolute atomic E-state index is 0.0845. The molecule has 0 heterocycles. The minimum atomic E-state index is -0.549. The fraction of sp³-hybridized carbons (Fsp3) is 0.200. The highest BCUT2D eigenvalue weighted by Gasteiger charge is 2.16. The Morgan fingerprint density at radius 2 is 1.95 bits per heavy atom. The van der Waals surface area contributed by atoms with Gasteiger partial charge in [-0.05, 0) is 43.2 Å². The molecule has 2 rings (SSSR count). The van der Waals surface area contributed by atoms with Crippen LogP contribution in [0, 0.1) is 15.9 Å². The van der Waals surface area contributed by atoms with Gasteiger partial charge in [0.2, 0.25) is 0 Å². The van der Waals surface area contributed by atoms with E-state index in [2.05, 4.69) is 5.32 Å². The number of phenolic OH excluding ortho intramolecular Hbond substituents is 1. The predicted molar refractivity (Wildman–Crippen MR) is 77.9 cm³/mol. The highest BCUT2D eigenvalue weighted by atomic mass is 19.1. The van der Waals surface area contributed by atoms with Crippen molar-refractivity contribution in [1.82, 2.24) is 0 Å². The Balaban J connectivity index is 2.10. The van der Waals surface area contributed by atoms with Crippen molar-refractivity contribution < 1.29 is 14.4 Å². The van der Waals surface area contributed by atoms with Gasteiger partial charge in [-0.15, -0.1) is 0 Å². The van der Waals surface area contributed by atoms with Gasteiger partial charge in [0.05, 0.1) is 11.0 Å². The molecule has 0 aliphatic heterocycles. The summed E-state index contributed by atoms with van der Waals surface area (Å²) in [6.45, 7) is 1.87. The van der Waals surface area contributed by atoms with Crippen LogP contribution in [0.2, 0.25) is 0 Å². The number of halogens is 1. The largest absolute Gasteiger partial charge is 0.508 e. The molecule has 0 saturated carbocycles. The lowest BCUT2D eigenvalue weighted by Gasteiger charge is -2.15. The van der Waals surface area contributed by atoms with Crippen molar-refractivity contribution in [1.29, 1.82) is 0 Å². The zero-order valence-corrected chi connectivity index (χ0v) is 11.4. The summed E-state index contributed by atoms with van der Waals surface area (Å²) in [6.07, 6.45) is 0.596. The summed E-state index contributed by atoms with van der Waals surface area (Å²) >= 11 is 0. The number of hydrogen-bond acceptors (Lipinski definition) is 4. The number of nitro benzene ring substituents is 1. The fourth-order valence-electron chi connectivity index (χ4n) is 2.08. The van der Waals surface area contributed by atoms with Crippen molar-refractivity contribution >= 4 is 11.4 Å². The van der Waals surface area contributed by atoms with Crippen LogP contribution in [0.1, 0.15) is 12.5 Å². The summed E-state index contributed by atoms with van der Waals surface area (Å²) in [7, 11) is 0. The van der Waals surface area contributed by atoms with E-state index in [1.807, 2.05) is 6.92 Å². The lowest BCUT2D eigenvalue weighted by molar-refractivity contribution is -0.384. The molecule has 110 valence electrons. The Bertz CT molecular complexity index is 644. The quantitative estimate of drug-likeness (QED) is 0.502. The summed E-state index contributed by atoms with van der Waals surface area (Å²) in [5.41, 5.74) is 1.09. The second kappa shape index (κ2) is 6.21. The van der Waals surface area contributed by atoms with Gasteiger partial charge in [-0.2, -0.15) is 0 Å². The van der Waals surface area contributed by atoms with Gasteiger partial charge >= 0.3 is 0 Å². The summed E-state index contributed by atoms with van der Waals surface area (Å²) in [5, 5.41) is 23.3. The van der Waals surface area contributed by atoms with Gasteiger partial charge in [0.25, 0.3) is 5.69 Å². The van der Waals surface area contributed by atoms with Crippen molar-refractivity contribution in [3.63, 3.8) is 0 Å². The van der Waals surface area contributed by atoms with Crippen LogP contribution in [0.25, 0.3) is 0 Å². The van der Waals surface area contributed by atoms with Crippen LogP contribution < -0.4 is 5.32 Å². The molecule has 21 heavy (non-hydrogen) atoms. The van der Waals surface area contributed by atoms with E-state index >= 15 is 0 Å². The van der Waals surface area contributed by atoms with E-state index in [9.17, 15) is 19.6 Å². The summed E-state index contributed by atoms with van der Waals surface area (Å²) in [6, 6.07) is 9.99. The Hall–Kier alpha value is -2.63. The summed E-state index contributed by atoms with van der Waals surface area (Å²) < 4.78 is 12.8. The van der Waals surface area contributed by atoms with E-state index in [4.69, 9.17) is 0 Å². The van der Waals surface area contributed by atoms with Crippen molar-refractivity contribution in [2.45, 2.75) is 19.4 Å². The second-order valence-electron chi connectivity index (χ2n) is 4.83. The molecule has 2 N–H and O–H groups in total. The van der Waals surface area contributed by atoms with E-state index in [0.717, 1.165) is 11.6 Å². The van der Waals surface area contributed by atoms with Gasteiger partial charge in [-0.25, -0.2) is 4.39 Å². The standard InChI is InChI=1S/C15H15FN2O3/c1-10(8-11-2-4-12(16)5-3-11)17-14-7-6-13(19)9-15(14)18(20)21/h2-7,9-10,17,19H,8H2,1H3. The summed E-state index contributed by atoms with van der Waals surface area (Å²) in [5.74, 6) is -0.452. The first-order chi connectivity index (χ1) is 9.95. The Morgan fingerprint density at radius 1 is 1.29 bits per heavy atom. The maximum Gasteiger partial charge on any atom is 0.296 e. The van der Waals surface area contributed by atoms with Crippen molar-refractivity contribution in [3.8, 4) is 5.75 Å². The first-order valence-corrected chi connectivity index (χ1v) is 6.44. The molecule has 0 aliphatic carbocycles. The number of anilines is 1. The molecule has 0 amide bonds. The number of phenols is 1. The number of nitro groups is 1. The highest BCUT2D eigenvalue weighted by Crippen LogP contribution is 2.29. The average Bonchev–Trinajstić information content (AvgIpc) is 2.43. The van der Waals surface area contributed by atoms with E-state index in [0.29, 0.717) is 12.1 Å². The molecule has 6 heteroatoms. The number of rotatable bonds is 5. The number of benzene rings is 2. The Labute approximate surface area is 121 Å². The van der Waals surface area contributed by atoms with Gasteiger partial charge in [0.15, 0.2) is 0 Å². The van der Waals surface area contributed by atoms with Gasteiger partial charge < -0.3 is 10.4 Å². The van der Waals surface area contributed by atoms with E-state index in [1.54, 1.807) is 12.1 Å². The van der Waals surface area contributed by atoms with Crippen LogP contribution in [0.4, 0.5) is 15.8 Å². The molecule has 0 aromatic heterocycles. The van der Waals surface area contributed by atoms with Gasteiger partial charge in [0, 0.05) is 6.04 Å². The maximum atomic E-state index is 12.8. The molecule has 0 spiro atoms.